The smallest absolute Gasteiger partial charge is 0.337 e. The van der Waals surface area contributed by atoms with Crippen LogP contribution >= 0.6 is 0 Å². The summed E-state index contributed by atoms with van der Waals surface area (Å²) in [7, 11) is 1.44. The van der Waals surface area contributed by atoms with Crippen molar-refractivity contribution >= 4 is 17.6 Å². The third-order valence-corrected chi connectivity index (χ3v) is 2.93. The highest BCUT2D eigenvalue weighted by atomic mass is 16.5. The molecule has 0 spiro atoms. The van der Waals surface area contributed by atoms with Gasteiger partial charge in [0.2, 0.25) is 5.91 Å². The lowest BCUT2D eigenvalue weighted by atomic mass is 9.87. The van der Waals surface area contributed by atoms with Crippen LogP contribution in [0.4, 0.5) is 5.69 Å². The van der Waals surface area contributed by atoms with Gasteiger partial charge in [-0.05, 0) is 23.6 Å². The quantitative estimate of drug-likeness (QED) is 0.779. The first-order chi connectivity index (χ1) is 9.16. The molecule has 6 nitrogen and oxygen atoms in total. The standard InChI is InChI=1S/C14H20N2O4/c1-14(2,3)11(15)12(17)16-10-6-5-8(20-4)7-9(10)13(18)19/h5-7,11H,15H2,1-4H3,(H,16,17)(H,18,19)/t11-/m0/s1. The van der Waals surface area contributed by atoms with Gasteiger partial charge in [0.05, 0.1) is 24.4 Å². The Balaban J connectivity index is 3.03. The van der Waals surface area contributed by atoms with E-state index in [0.29, 0.717) is 5.75 Å². The van der Waals surface area contributed by atoms with Crippen LogP contribution in [0.5, 0.6) is 5.75 Å². The van der Waals surface area contributed by atoms with E-state index in [1.807, 2.05) is 20.8 Å². The summed E-state index contributed by atoms with van der Waals surface area (Å²) < 4.78 is 4.97. The second kappa shape index (κ2) is 5.92. The molecule has 0 aliphatic carbocycles. The largest absolute Gasteiger partial charge is 0.497 e. The number of nitrogens with one attached hydrogen (secondary N) is 1. The molecule has 0 fully saturated rings. The van der Waals surface area contributed by atoms with Gasteiger partial charge < -0.3 is 20.9 Å². The number of ether oxygens (including phenoxy) is 1. The number of carboxylic acids is 1. The maximum Gasteiger partial charge on any atom is 0.337 e. The topological polar surface area (TPSA) is 102 Å². The van der Waals surface area contributed by atoms with E-state index in [0.717, 1.165) is 0 Å². The van der Waals surface area contributed by atoms with E-state index in [4.69, 9.17) is 15.6 Å². The van der Waals surface area contributed by atoms with Crippen molar-refractivity contribution in [3.05, 3.63) is 23.8 Å². The van der Waals surface area contributed by atoms with Crippen LogP contribution in [0, 0.1) is 5.41 Å². The summed E-state index contributed by atoms with van der Waals surface area (Å²) in [6.45, 7) is 5.51. The molecule has 1 aromatic carbocycles. The molecule has 4 N–H and O–H groups in total. The van der Waals surface area contributed by atoms with Gasteiger partial charge in [-0.25, -0.2) is 4.79 Å². The predicted octanol–water partition coefficient (Wildman–Crippen LogP) is 1.71. The molecule has 110 valence electrons. The van der Waals surface area contributed by atoms with Crippen LogP contribution in [-0.4, -0.2) is 30.1 Å². The first-order valence-electron chi connectivity index (χ1n) is 6.14. The maximum atomic E-state index is 12.0. The van der Waals surface area contributed by atoms with Crippen LogP contribution in [-0.2, 0) is 4.79 Å². The minimum absolute atomic E-state index is 0.0428. The Labute approximate surface area is 117 Å². The van der Waals surface area contributed by atoms with E-state index >= 15 is 0 Å². The zero-order valence-electron chi connectivity index (χ0n) is 12.1. The van der Waals surface area contributed by atoms with E-state index in [1.54, 1.807) is 6.07 Å². The molecule has 1 aromatic rings. The van der Waals surface area contributed by atoms with Crippen LogP contribution in [0.15, 0.2) is 18.2 Å². The summed E-state index contributed by atoms with van der Waals surface area (Å²) in [6, 6.07) is 3.66. The molecule has 6 heteroatoms. The number of nitrogens with two attached hydrogens (primary N) is 1. The van der Waals surface area contributed by atoms with Crippen LogP contribution in [0.3, 0.4) is 0 Å². The van der Waals surface area contributed by atoms with Gasteiger partial charge in [0, 0.05) is 0 Å². The second-order valence-corrected chi connectivity index (χ2v) is 5.55. The summed E-state index contributed by atoms with van der Waals surface area (Å²) in [4.78, 5) is 23.2. The SMILES string of the molecule is COc1ccc(NC(=O)[C@H](N)C(C)(C)C)c(C(=O)O)c1. The molecule has 0 saturated carbocycles. The highest BCUT2D eigenvalue weighted by Gasteiger charge is 2.28. The van der Waals surface area contributed by atoms with Gasteiger partial charge in [-0.3, -0.25) is 4.79 Å². The molecule has 0 saturated heterocycles. The van der Waals surface area contributed by atoms with E-state index < -0.39 is 23.3 Å². The fourth-order valence-corrected chi connectivity index (χ4v) is 1.54. The molecular formula is C14H20N2O4. The van der Waals surface area contributed by atoms with E-state index in [9.17, 15) is 9.59 Å². The number of hydrogen-bond donors (Lipinski definition) is 3. The highest BCUT2D eigenvalue weighted by Crippen LogP contribution is 2.24. The summed E-state index contributed by atoms with van der Waals surface area (Å²) >= 11 is 0. The number of benzene rings is 1. The normalized spacial score (nSPS) is 12.7. The highest BCUT2D eigenvalue weighted by molar-refractivity contribution is 6.02. The van der Waals surface area contributed by atoms with Crippen molar-refractivity contribution < 1.29 is 19.4 Å². The van der Waals surface area contributed by atoms with Gasteiger partial charge in [-0.1, -0.05) is 20.8 Å². The molecule has 1 atom stereocenters. The van der Waals surface area contributed by atoms with Crippen molar-refractivity contribution in [2.24, 2.45) is 11.1 Å². The lowest BCUT2D eigenvalue weighted by Crippen LogP contribution is -2.45. The van der Waals surface area contributed by atoms with Crippen LogP contribution in [0.2, 0.25) is 0 Å². The zero-order chi connectivity index (χ0) is 15.5. The number of aromatic carboxylic acids is 1. The molecule has 20 heavy (non-hydrogen) atoms. The average Bonchev–Trinajstić information content (AvgIpc) is 2.36. The Bertz CT molecular complexity index is 520. The Hall–Kier alpha value is -2.08. The molecule has 0 bridgehead atoms. The molecule has 0 aliphatic rings. The van der Waals surface area contributed by atoms with Crippen molar-refractivity contribution in [2.75, 3.05) is 12.4 Å². The average molecular weight is 280 g/mol. The van der Waals surface area contributed by atoms with E-state index in [-0.39, 0.29) is 11.3 Å². The number of hydrogen-bond acceptors (Lipinski definition) is 4. The molecular weight excluding hydrogens is 260 g/mol. The monoisotopic (exact) mass is 280 g/mol. The number of methoxy groups -OCH3 is 1. The van der Waals surface area contributed by atoms with Crippen molar-refractivity contribution in [3.8, 4) is 5.75 Å². The van der Waals surface area contributed by atoms with Crippen molar-refractivity contribution in [1.29, 1.82) is 0 Å². The Morgan fingerprint density at radius 3 is 2.40 bits per heavy atom. The minimum atomic E-state index is -1.15. The summed E-state index contributed by atoms with van der Waals surface area (Å²) in [5.74, 6) is -1.17. The number of rotatable bonds is 4. The van der Waals surface area contributed by atoms with Crippen LogP contribution in [0.1, 0.15) is 31.1 Å². The number of amides is 1. The minimum Gasteiger partial charge on any atom is -0.497 e. The summed E-state index contributed by atoms with van der Waals surface area (Å²) in [6.07, 6.45) is 0. The van der Waals surface area contributed by atoms with E-state index in [1.165, 1.54) is 19.2 Å². The lowest BCUT2D eigenvalue weighted by molar-refractivity contribution is -0.119. The maximum absolute atomic E-state index is 12.0. The van der Waals surface area contributed by atoms with E-state index in [2.05, 4.69) is 5.32 Å². The summed E-state index contributed by atoms with van der Waals surface area (Å²) in [5.41, 5.74) is 5.58. The van der Waals surface area contributed by atoms with Gasteiger partial charge in [0.1, 0.15) is 5.75 Å². The zero-order valence-corrected chi connectivity index (χ0v) is 12.1. The first kappa shape index (κ1) is 16.0. The van der Waals surface area contributed by atoms with Gasteiger partial charge in [-0.15, -0.1) is 0 Å². The fraction of sp³-hybridized carbons (Fsp3) is 0.429. The van der Waals surface area contributed by atoms with Gasteiger partial charge in [0.25, 0.3) is 0 Å². The number of carbonyl (C=O) groups excluding carboxylic acids is 1. The molecule has 0 heterocycles. The molecule has 1 rings (SSSR count). The predicted molar refractivity (Wildman–Crippen MR) is 76.0 cm³/mol. The first-order valence-corrected chi connectivity index (χ1v) is 6.14. The third kappa shape index (κ3) is 3.71. The van der Waals surface area contributed by atoms with Gasteiger partial charge in [0.15, 0.2) is 0 Å². The molecule has 1 amide bonds. The van der Waals surface area contributed by atoms with Gasteiger partial charge in [-0.2, -0.15) is 0 Å². The van der Waals surface area contributed by atoms with Crippen LogP contribution < -0.4 is 15.8 Å². The number of anilines is 1. The molecule has 0 unspecified atom stereocenters. The molecule has 0 aliphatic heterocycles. The Morgan fingerprint density at radius 1 is 1.35 bits per heavy atom. The molecule has 0 aromatic heterocycles. The fourth-order valence-electron chi connectivity index (χ4n) is 1.54. The molecule has 0 radical (unpaired) electrons. The second-order valence-electron chi connectivity index (χ2n) is 5.55. The van der Waals surface area contributed by atoms with Crippen molar-refractivity contribution in [1.82, 2.24) is 0 Å². The van der Waals surface area contributed by atoms with Crippen molar-refractivity contribution in [2.45, 2.75) is 26.8 Å². The summed E-state index contributed by atoms with van der Waals surface area (Å²) in [5, 5.41) is 11.7. The van der Waals surface area contributed by atoms with Crippen molar-refractivity contribution in [3.63, 3.8) is 0 Å². The van der Waals surface area contributed by atoms with Gasteiger partial charge >= 0.3 is 5.97 Å². The number of carboxylic acid groups (broad SMARTS) is 1. The Morgan fingerprint density at radius 2 is 1.95 bits per heavy atom. The van der Waals surface area contributed by atoms with Crippen LogP contribution in [0.25, 0.3) is 0 Å². The number of carbonyl (C=O) groups is 2. The third-order valence-electron chi connectivity index (χ3n) is 2.93. The Kier molecular flexibility index (Phi) is 4.73. The lowest BCUT2D eigenvalue weighted by Gasteiger charge is -2.26.